The second-order valence-corrected chi connectivity index (χ2v) is 8.72. The van der Waals surface area contributed by atoms with Crippen molar-refractivity contribution in [1.82, 2.24) is 10.2 Å². The molecule has 1 amide bonds. The van der Waals surface area contributed by atoms with Crippen LogP contribution in [-0.4, -0.2) is 42.8 Å². The average Bonchev–Trinajstić information content (AvgIpc) is 3.30. The Balaban J connectivity index is 1.54. The molecule has 2 aliphatic heterocycles. The average molecular weight is 429 g/mol. The third kappa shape index (κ3) is 4.80. The van der Waals surface area contributed by atoms with E-state index in [2.05, 4.69) is 16.3 Å². The quantitative estimate of drug-likeness (QED) is 0.722. The maximum Gasteiger partial charge on any atom is 0.287 e. The number of halogens is 1. The normalized spacial score (nSPS) is 18.4. The molecule has 0 aromatic heterocycles. The first kappa shape index (κ1) is 20.3. The highest BCUT2D eigenvalue weighted by Gasteiger charge is 2.28. The summed E-state index contributed by atoms with van der Waals surface area (Å²) in [4.78, 5) is 16.4. The summed E-state index contributed by atoms with van der Waals surface area (Å²) in [6, 6.07) is 17.9. The zero-order valence-electron chi connectivity index (χ0n) is 16.3. The fourth-order valence-corrected chi connectivity index (χ4v) is 5.11. The van der Waals surface area contributed by atoms with E-state index in [1.807, 2.05) is 48.5 Å². The molecule has 2 heterocycles. The number of benzene rings is 2. The van der Waals surface area contributed by atoms with Crippen molar-refractivity contribution < 1.29 is 9.53 Å². The Morgan fingerprint density at radius 2 is 1.83 bits per heavy atom. The van der Waals surface area contributed by atoms with Crippen LogP contribution in [0.5, 0.6) is 0 Å². The van der Waals surface area contributed by atoms with Crippen LogP contribution in [0.15, 0.2) is 60.4 Å². The number of rotatable bonds is 6. The zero-order valence-corrected chi connectivity index (χ0v) is 17.8. The van der Waals surface area contributed by atoms with E-state index in [1.54, 1.807) is 11.8 Å². The minimum Gasteiger partial charge on any atom is -0.486 e. The Hall–Kier alpha value is -1.95. The third-order valence-corrected chi connectivity index (χ3v) is 6.75. The van der Waals surface area contributed by atoms with Gasteiger partial charge in [-0.25, -0.2) is 0 Å². The van der Waals surface area contributed by atoms with Gasteiger partial charge in [0, 0.05) is 17.3 Å². The predicted molar refractivity (Wildman–Crippen MR) is 120 cm³/mol. The molecule has 1 fully saturated rings. The molecule has 6 heteroatoms. The van der Waals surface area contributed by atoms with Gasteiger partial charge in [-0.3, -0.25) is 9.69 Å². The lowest BCUT2D eigenvalue weighted by Crippen LogP contribution is -2.38. The monoisotopic (exact) mass is 428 g/mol. The predicted octanol–water partition coefficient (Wildman–Crippen LogP) is 4.73. The molecule has 0 aliphatic carbocycles. The highest BCUT2D eigenvalue weighted by molar-refractivity contribution is 8.08. The van der Waals surface area contributed by atoms with Gasteiger partial charge >= 0.3 is 0 Å². The van der Waals surface area contributed by atoms with E-state index in [0.717, 1.165) is 39.9 Å². The second kappa shape index (κ2) is 9.70. The lowest BCUT2D eigenvalue weighted by Gasteiger charge is -2.29. The molecule has 2 aliphatic rings. The first-order valence-electron chi connectivity index (χ1n) is 10.1. The van der Waals surface area contributed by atoms with E-state index < -0.39 is 0 Å². The highest BCUT2D eigenvalue weighted by atomic mass is 35.5. The minimum atomic E-state index is -0.160. The second-order valence-electron chi connectivity index (χ2n) is 7.21. The van der Waals surface area contributed by atoms with Crippen LogP contribution in [0.1, 0.15) is 30.0 Å². The van der Waals surface area contributed by atoms with Crippen LogP contribution in [-0.2, 0) is 9.53 Å². The molecule has 4 nitrogen and oxygen atoms in total. The van der Waals surface area contributed by atoms with Gasteiger partial charge in [-0.05, 0) is 43.1 Å². The summed E-state index contributed by atoms with van der Waals surface area (Å²) in [5.74, 6) is 1.11. The molecule has 0 saturated carbocycles. The number of hydrogen-bond acceptors (Lipinski definition) is 4. The van der Waals surface area contributed by atoms with Gasteiger partial charge < -0.3 is 10.1 Å². The molecule has 1 unspecified atom stereocenters. The van der Waals surface area contributed by atoms with Gasteiger partial charge in [0.05, 0.1) is 17.6 Å². The molecule has 1 saturated heterocycles. The van der Waals surface area contributed by atoms with Crippen LogP contribution >= 0.6 is 23.4 Å². The summed E-state index contributed by atoms with van der Waals surface area (Å²) in [6.45, 7) is 3.10. The van der Waals surface area contributed by atoms with Crippen LogP contribution in [0.2, 0.25) is 5.02 Å². The summed E-state index contributed by atoms with van der Waals surface area (Å²) in [7, 11) is 0. The first-order valence-corrected chi connectivity index (χ1v) is 11.4. The van der Waals surface area contributed by atoms with Gasteiger partial charge in [0.1, 0.15) is 0 Å². The summed E-state index contributed by atoms with van der Waals surface area (Å²) in [6.07, 6.45) is 2.36. The Morgan fingerprint density at radius 3 is 2.59 bits per heavy atom. The van der Waals surface area contributed by atoms with E-state index in [4.69, 9.17) is 16.3 Å². The van der Waals surface area contributed by atoms with Gasteiger partial charge in [-0.1, -0.05) is 60.1 Å². The lowest BCUT2D eigenvalue weighted by molar-refractivity contribution is -0.121. The molecule has 152 valence electrons. The van der Waals surface area contributed by atoms with Crippen molar-refractivity contribution in [1.29, 1.82) is 0 Å². The summed E-state index contributed by atoms with van der Waals surface area (Å²) in [5.41, 5.74) is 2.08. The van der Waals surface area contributed by atoms with E-state index in [1.165, 1.54) is 12.8 Å². The molecular formula is C23H25ClN2O2S. The van der Waals surface area contributed by atoms with E-state index in [0.29, 0.717) is 18.9 Å². The molecule has 1 N–H and O–H groups in total. The van der Waals surface area contributed by atoms with Crippen molar-refractivity contribution in [3.05, 3.63) is 76.5 Å². The molecular weight excluding hydrogens is 404 g/mol. The smallest absolute Gasteiger partial charge is 0.287 e. The van der Waals surface area contributed by atoms with Gasteiger partial charge in [0.15, 0.2) is 5.76 Å². The molecule has 0 bridgehead atoms. The number of thioether (sulfide) groups is 1. The van der Waals surface area contributed by atoms with Crippen molar-refractivity contribution in [3.8, 4) is 0 Å². The van der Waals surface area contributed by atoms with Crippen LogP contribution in [0, 0.1) is 0 Å². The maximum absolute atomic E-state index is 13.1. The SMILES string of the molecule is O=C(NCC(c1ccccc1Cl)N1CCCC1)C1=C(c2ccccc2)SCCO1. The lowest BCUT2D eigenvalue weighted by atomic mass is 10.1. The summed E-state index contributed by atoms with van der Waals surface area (Å²) >= 11 is 8.16. The van der Waals surface area contributed by atoms with Crippen molar-refractivity contribution in [2.75, 3.05) is 32.0 Å². The standard InChI is InChI=1S/C23H25ClN2O2S/c24-19-11-5-4-10-18(19)20(26-12-6-7-13-26)16-25-23(27)21-22(29-15-14-28-21)17-8-2-1-3-9-17/h1-5,8-11,20H,6-7,12-16H2,(H,25,27). The third-order valence-electron chi connectivity index (χ3n) is 5.33. The first-order chi connectivity index (χ1) is 14.2. The van der Waals surface area contributed by atoms with Crippen molar-refractivity contribution in [2.24, 2.45) is 0 Å². The molecule has 1 atom stereocenters. The number of amides is 1. The van der Waals surface area contributed by atoms with Gasteiger partial charge in [0.25, 0.3) is 5.91 Å². The number of likely N-dealkylation sites (tertiary alicyclic amines) is 1. The van der Waals surface area contributed by atoms with Crippen molar-refractivity contribution >= 4 is 34.2 Å². The molecule has 4 rings (SSSR count). The molecule has 29 heavy (non-hydrogen) atoms. The van der Waals surface area contributed by atoms with E-state index >= 15 is 0 Å². The largest absolute Gasteiger partial charge is 0.486 e. The van der Waals surface area contributed by atoms with Crippen LogP contribution in [0.3, 0.4) is 0 Å². The molecule has 0 radical (unpaired) electrons. The van der Waals surface area contributed by atoms with E-state index in [-0.39, 0.29) is 11.9 Å². The Labute approximate surface area is 181 Å². The van der Waals surface area contributed by atoms with Crippen molar-refractivity contribution in [2.45, 2.75) is 18.9 Å². The van der Waals surface area contributed by atoms with Crippen molar-refractivity contribution in [3.63, 3.8) is 0 Å². The Morgan fingerprint density at radius 1 is 1.10 bits per heavy atom. The number of nitrogens with zero attached hydrogens (tertiary/aromatic N) is 1. The number of hydrogen-bond donors (Lipinski definition) is 1. The fraction of sp³-hybridized carbons (Fsp3) is 0.348. The van der Waals surface area contributed by atoms with Gasteiger partial charge in [-0.15, -0.1) is 11.8 Å². The Kier molecular flexibility index (Phi) is 6.80. The topological polar surface area (TPSA) is 41.6 Å². The Bertz CT molecular complexity index is 881. The van der Waals surface area contributed by atoms with Crippen LogP contribution < -0.4 is 5.32 Å². The number of carbonyl (C=O) groups excluding carboxylic acids is 1. The zero-order chi connectivity index (χ0) is 20.1. The molecule has 2 aromatic rings. The number of carbonyl (C=O) groups is 1. The number of ether oxygens (including phenoxy) is 1. The molecule has 2 aromatic carbocycles. The van der Waals surface area contributed by atoms with Gasteiger partial charge in [0.2, 0.25) is 0 Å². The van der Waals surface area contributed by atoms with Gasteiger partial charge in [-0.2, -0.15) is 0 Å². The summed E-state index contributed by atoms with van der Waals surface area (Å²) < 4.78 is 5.80. The fourth-order valence-electron chi connectivity index (χ4n) is 3.90. The maximum atomic E-state index is 13.1. The highest BCUT2D eigenvalue weighted by Crippen LogP contribution is 2.35. The van der Waals surface area contributed by atoms with Crippen LogP contribution in [0.25, 0.3) is 4.91 Å². The molecule has 0 spiro atoms. The van der Waals surface area contributed by atoms with Crippen LogP contribution in [0.4, 0.5) is 0 Å². The minimum absolute atomic E-state index is 0.0622. The van der Waals surface area contributed by atoms with E-state index in [9.17, 15) is 4.79 Å². The number of nitrogens with one attached hydrogen (secondary N) is 1. The summed E-state index contributed by atoms with van der Waals surface area (Å²) in [5, 5.41) is 3.86.